The predicted molar refractivity (Wildman–Crippen MR) is 69.0 cm³/mol. The first-order valence-electron chi connectivity index (χ1n) is 6.24. The molecule has 5 nitrogen and oxygen atoms in total. The van der Waals surface area contributed by atoms with Crippen LogP contribution < -0.4 is 10.6 Å². The van der Waals surface area contributed by atoms with Crippen LogP contribution in [0.1, 0.15) is 12.8 Å². The molecular weight excluding hydrogens is 214 g/mol. The van der Waals surface area contributed by atoms with E-state index in [4.69, 9.17) is 5.73 Å². The van der Waals surface area contributed by atoms with Crippen LogP contribution in [0.3, 0.4) is 0 Å². The van der Waals surface area contributed by atoms with E-state index >= 15 is 0 Å². The topological polar surface area (TPSA) is 58.3 Å². The lowest BCUT2D eigenvalue weighted by atomic mass is 10.0. The zero-order valence-corrected chi connectivity index (χ0v) is 10.4. The van der Waals surface area contributed by atoms with Gasteiger partial charge in [0, 0.05) is 38.4 Å². The highest BCUT2D eigenvalue weighted by atomic mass is 15.3. The van der Waals surface area contributed by atoms with Crippen LogP contribution in [-0.2, 0) is 0 Å². The molecule has 0 bridgehead atoms. The van der Waals surface area contributed by atoms with E-state index in [0.29, 0.717) is 6.04 Å². The molecule has 1 aliphatic heterocycles. The summed E-state index contributed by atoms with van der Waals surface area (Å²) in [6.45, 7) is 3.83. The molecule has 5 heteroatoms. The average molecular weight is 235 g/mol. The molecule has 0 aromatic carbocycles. The molecule has 1 saturated heterocycles. The lowest BCUT2D eigenvalue weighted by Gasteiger charge is -2.36. The maximum Gasteiger partial charge on any atom is 0.151 e. The summed E-state index contributed by atoms with van der Waals surface area (Å²) in [5, 5.41) is 8.08. The van der Waals surface area contributed by atoms with Gasteiger partial charge < -0.3 is 15.5 Å². The van der Waals surface area contributed by atoms with Gasteiger partial charge in [-0.2, -0.15) is 5.10 Å². The van der Waals surface area contributed by atoms with E-state index in [9.17, 15) is 0 Å². The van der Waals surface area contributed by atoms with Crippen molar-refractivity contribution < 1.29 is 0 Å². The molecule has 2 N–H and O–H groups in total. The van der Waals surface area contributed by atoms with Gasteiger partial charge >= 0.3 is 0 Å². The summed E-state index contributed by atoms with van der Waals surface area (Å²) < 4.78 is 0. The first kappa shape index (κ1) is 12.3. The van der Waals surface area contributed by atoms with Gasteiger partial charge in [-0.15, -0.1) is 5.10 Å². The second-order valence-electron chi connectivity index (χ2n) is 4.57. The smallest absolute Gasteiger partial charge is 0.151 e. The van der Waals surface area contributed by atoms with E-state index in [1.165, 1.54) is 12.8 Å². The van der Waals surface area contributed by atoms with Gasteiger partial charge in [-0.05, 0) is 32.0 Å². The largest absolute Gasteiger partial charge is 0.355 e. The molecule has 0 amide bonds. The molecule has 0 unspecified atom stereocenters. The van der Waals surface area contributed by atoms with E-state index < -0.39 is 0 Å². The van der Waals surface area contributed by atoms with E-state index in [1.54, 1.807) is 6.20 Å². The predicted octanol–water partition coefficient (Wildman–Crippen LogP) is 0.336. The molecule has 17 heavy (non-hydrogen) atoms. The Morgan fingerprint density at radius 3 is 2.82 bits per heavy atom. The Hall–Kier alpha value is -1.20. The van der Waals surface area contributed by atoms with Crippen molar-refractivity contribution in [2.75, 3.05) is 38.1 Å². The first-order valence-corrected chi connectivity index (χ1v) is 6.24. The van der Waals surface area contributed by atoms with E-state index in [2.05, 4.69) is 27.0 Å². The third-order valence-electron chi connectivity index (χ3n) is 3.45. The van der Waals surface area contributed by atoms with Crippen LogP contribution in [0.2, 0.25) is 0 Å². The zero-order valence-electron chi connectivity index (χ0n) is 10.4. The van der Waals surface area contributed by atoms with Gasteiger partial charge in [0.2, 0.25) is 0 Å². The molecule has 1 aromatic rings. The Balaban J connectivity index is 1.86. The fourth-order valence-electron chi connectivity index (χ4n) is 2.38. The molecule has 0 saturated carbocycles. The van der Waals surface area contributed by atoms with Crippen LogP contribution in [0.15, 0.2) is 18.3 Å². The standard InChI is InChI=1S/C12H21N5/c1-16(10-6-13)11-4-8-17(9-5-11)12-3-2-7-14-15-12/h2-3,7,11H,4-6,8-10,13H2,1H3. The molecule has 1 aliphatic rings. The van der Waals surface area contributed by atoms with Crippen LogP contribution >= 0.6 is 0 Å². The number of nitrogens with zero attached hydrogens (tertiary/aromatic N) is 4. The SMILES string of the molecule is CN(CCN)C1CCN(c2cccnn2)CC1. The quantitative estimate of drug-likeness (QED) is 0.815. The fraction of sp³-hybridized carbons (Fsp3) is 0.667. The van der Waals surface area contributed by atoms with Crippen molar-refractivity contribution >= 4 is 5.82 Å². The van der Waals surface area contributed by atoms with Crippen molar-refractivity contribution in [2.24, 2.45) is 5.73 Å². The number of rotatable bonds is 4. The van der Waals surface area contributed by atoms with Gasteiger partial charge in [-0.3, -0.25) is 0 Å². The molecular formula is C12H21N5. The van der Waals surface area contributed by atoms with Crippen molar-refractivity contribution in [3.05, 3.63) is 18.3 Å². The van der Waals surface area contributed by atoms with Crippen molar-refractivity contribution in [3.63, 3.8) is 0 Å². The van der Waals surface area contributed by atoms with E-state index in [-0.39, 0.29) is 0 Å². The van der Waals surface area contributed by atoms with Crippen molar-refractivity contribution in [3.8, 4) is 0 Å². The molecule has 2 rings (SSSR count). The number of likely N-dealkylation sites (N-methyl/N-ethyl adjacent to an activating group) is 1. The highest BCUT2D eigenvalue weighted by Gasteiger charge is 2.22. The Labute approximate surface area is 103 Å². The highest BCUT2D eigenvalue weighted by Crippen LogP contribution is 2.19. The molecule has 0 spiro atoms. The Kier molecular flexibility index (Phi) is 4.28. The number of piperidine rings is 1. The summed E-state index contributed by atoms with van der Waals surface area (Å²) in [4.78, 5) is 4.67. The van der Waals surface area contributed by atoms with Crippen molar-refractivity contribution in [2.45, 2.75) is 18.9 Å². The zero-order chi connectivity index (χ0) is 12.1. The third kappa shape index (κ3) is 3.14. The molecule has 1 fully saturated rings. The summed E-state index contributed by atoms with van der Waals surface area (Å²) in [5.74, 6) is 0.993. The molecule has 1 aromatic heterocycles. The van der Waals surface area contributed by atoms with Crippen LogP contribution in [-0.4, -0.2) is 54.4 Å². The van der Waals surface area contributed by atoms with Gasteiger partial charge in [0.1, 0.15) is 0 Å². The number of nitrogens with two attached hydrogens (primary N) is 1. The minimum Gasteiger partial charge on any atom is -0.355 e. The summed E-state index contributed by atoms with van der Waals surface area (Å²) in [6.07, 6.45) is 4.06. The van der Waals surface area contributed by atoms with Crippen molar-refractivity contribution in [1.82, 2.24) is 15.1 Å². The Morgan fingerprint density at radius 1 is 1.47 bits per heavy atom. The number of aromatic nitrogens is 2. The molecule has 2 heterocycles. The Morgan fingerprint density at radius 2 is 2.24 bits per heavy atom. The molecule has 94 valence electrons. The third-order valence-corrected chi connectivity index (χ3v) is 3.45. The molecule has 0 atom stereocenters. The van der Waals surface area contributed by atoms with Gasteiger partial charge in [-0.25, -0.2) is 0 Å². The number of anilines is 1. The van der Waals surface area contributed by atoms with Gasteiger partial charge in [0.05, 0.1) is 0 Å². The lowest BCUT2D eigenvalue weighted by molar-refractivity contribution is 0.213. The number of hydrogen-bond acceptors (Lipinski definition) is 5. The van der Waals surface area contributed by atoms with Crippen LogP contribution in [0.4, 0.5) is 5.82 Å². The van der Waals surface area contributed by atoms with Crippen LogP contribution in [0.5, 0.6) is 0 Å². The summed E-state index contributed by atoms with van der Waals surface area (Å²) in [5.41, 5.74) is 5.58. The van der Waals surface area contributed by atoms with Gasteiger partial charge in [0.15, 0.2) is 5.82 Å². The minimum atomic E-state index is 0.659. The summed E-state index contributed by atoms with van der Waals surface area (Å²) in [7, 11) is 2.16. The maximum atomic E-state index is 5.58. The number of hydrogen-bond donors (Lipinski definition) is 1. The van der Waals surface area contributed by atoms with E-state index in [0.717, 1.165) is 32.0 Å². The fourth-order valence-corrected chi connectivity index (χ4v) is 2.38. The Bertz CT molecular complexity index is 321. The first-order chi connectivity index (χ1) is 8.31. The normalized spacial score (nSPS) is 17.7. The second-order valence-corrected chi connectivity index (χ2v) is 4.57. The van der Waals surface area contributed by atoms with Gasteiger partial charge in [0.25, 0.3) is 0 Å². The minimum absolute atomic E-state index is 0.659. The summed E-state index contributed by atoms with van der Waals surface area (Å²) >= 11 is 0. The highest BCUT2D eigenvalue weighted by molar-refractivity contribution is 5.36. The molecule has 0 radical (unpaired) electrons. The lowest BCUT2D eigenvalue weighted by Crippen LogP contribution is -2.45. The molecule has 0 aliphatic carbocycles. The second kappa shape index (κ2) is 5.93. The van der Waals surface area contributed by atoms with Crippen LogP contribution in [0, 0.1) is 0 Å². The monoisotopic (exact) mass is 235 g/mol. The maximum absolute atomic E-state index is 5.58. The van der Waals surface area contributed by atoms with E-state index in [1.807, 2.05) is 12.1 Å². The summed E-state index contributed by atoms with van der Waals surface area (Å²) in [6, 6.07) is 4.62. The average Bonchev–Trinajstić information content (AvgIpc) is 2.40. The van der Waals surface area contributed by atoms with Crippen LogP contribution in [0.25, 0.3) is 0 Å². The van der Waals surface area contributed by atoms with Crippen molar-refractivity contribution in [1.29, 1.82) is 0 Å². The van der Waals surface area contributed by atoms with Gasteiger partial charge in [-0.1, -0.05) is 0 Å².